The van der Waals surface area contributed by atoms with Gasteiger partial charge in [-0.3, -0.25) is 0 Å². The third kappa shape index (κ3) is 4.98. The summed E-state index contributed by atoms with van der Waals surface area (Å²) >= 11 is 0. The Morgan fingerprint density at radius 1 is 1.00 bits per heavy atom. The molecule has 3 heteroatoms. The molecule has 0 fully saturated rings. The van der Waals surface area contributed by atoms with Gasteiger partial charge in [0.25, 0.3) is 0 Å². The molecule has 0 bridgehead atoms. The van der Waals surface area contributed by atoms with Crippen molar-refractivity contribution >= 4 is 16.7 Å². The van der Waals surface area contributed by atoms with Crippen LogP contribution in [0.5, 0.6) is 5.75 Å². The number of carbonyl (C=O) groups excluding carboxylic acids is 1. The third-order valence-corrected chi connectivity index (χ3v) is 4.42. The lowest BCUT2D eigenvalue weighted by Crippen LogP contribution is -2.13. The predicted octanol–water partition coefficient (Wildman–Crippen LogP) is 5.53. The molecule has 0 saturated heterocycles. The Bertz CT molecular complexity index is 981. The van der Waals surface area contributed by atoms with Gasteiger partial charge in [-0.05, 0) is 60.7 Å². The topological polar surface area (TPSA) is 35.5 Å². The van der Waals surface area contributed by atoms with Crippen molar-refractivity contribution in [3.8, 4) is 5.75 Å². The maximum atomic E-state index is 12.0. The molecule has 0 amide bonds. The van der Waals surface area contributed by atoms with Gasteiger partial charge < -0.3 is 9.47 Å². The van der Waals surface area contributed by atoms with E-state index in [0.29, 0.717) is 5.75 Å². The molecule has 3 aromatic carbocycles. The number of aryl methyl sites for hydroxylation is 2. The molecule has 0 radical (unpaired) electrons. The Hall–Kier alpha value is -3.07. The van der Waals surface area contributed by atoms with E-state index in [2.05, 4.69) is 30.3 Å². The summed E-state index contributed by atoms with van der Waals surface area (Å²) in [5, 5.41) is 2.43. The molecule has 0 spiro atoms. The molecule has 138 valence electrons. The molecule has 3 aromatic rings. The molecule has 3 rings (SSSR count). The first kappa shape index (κ1) is 18.7. The Kier molecular flexibility index (Phi) is 5.92. The highest BCUT2D eigenvalue weighted by atomic mass is 16.6. The second kappa shape index (κ2) is 8.54. The number of esters is 1. The predicted molar refractivity (Wildman–Crippen MR) is 109 cm³/mol. The molecular weight excluding hydrogens is 336 g/mol. The summed E-state index contributed by atoms with van der Waals surface area (Å²) in [5.41, 5.74) is 4.36. The fraction of sp³-hybridized carbons (Fsp3) is 0.208. The fourth-order valence-corrected chi connectivity index (χ4v) is 3.09. The van der Waals surface area contributed by atoms with E-state index in [1.807, 2.05) is 51.1 Å². The van der Waals surface area contributed by atoms with E-state index in [1.165, 1.54) is 22.6 Å². The number of ether oxygens (including phenoxy) is 2. The quantitative estimate of drug-likeness (QED) is 0.428. The van der Waals surface area contributed by atoms with Crippen molar-refractivity contribution in [2.24, 2.45) is 0 Å². The van der Waals surface area contributed by atoms with Gasteiger partial charge in [-0.15, -0.1) is 0 Å². The molecule has 0 atom stereocenters. The number of rotatable bonds is 6. The van der Waals surface area contributed by atoms with Gasteiger partial charge in [0.05, 0.1) is 6.26 Å². The Morgan fingerprint density at radius 2 is 1.78 bits per heavy atom. The Morgan fingerprint density at radius 3 is 2.59 bits per heavy atom. The van der Waals surface area contributed by atoms with Crippen molar-refractivity contribution in [2.45, 2.75) is 27.2 Å². The van der Waals surface area contributed by atoms with Gasteiger partial charge in [0.2, 0.25) is 0 Å². The van der Waals surface area contributed by atoms with E-state index in [9.17, 15) is 4.79 Å². The van der Waals surface area contributed by atoms with Crippen molar-refractivity contribution in [1.29, 1.82) is 0 Å². The van der Waals surface area contributed by atoms with Gasteiger partial charge in [-0.2, -0.15) is 0 Å². The molecule has 0 aliphatic heterocycles. The summed E-state index contributed by atoms with van der Waals surface area (Å²) in [6.45, 7) is 5.83. The maximum absolute atomic E-state index is 12.0. The first-order chi connectivity index (χ1) is 13.0. The Balaban J connectivity index is 1.57. The fourth-order valence-electron chi connectivity index (χ4n) is 3.09. The van der Waals surface area contributed by atoms with E-state index < -0.39 is 5.97 Å². The van der Waals surface area contributed by atoms with Crippen molar-refractivity contribution in [1.82, 2.24) is 0 Å². The number of carbonyl (C=O) groups is 1. The van der Waals surface area contributed by atoms with Crippen LogP contribution in [0.1, 0.15) is 23.6 Å². The van der Waals surface area contributed by atoms with Crippen LogP contribution in [-0.2, 0) is 16.0 Å². The normalized spacial score (nSPS) is 11.4. The lowest BCUT2D eigenvalue weighted by molar-refractivity contribution is -0.140. The second-order valence-electron chi connectivity index (χ2n) is 6.83. The zero-order valence-corrected chi connectivity index (χ0v) is 16.0. The third-order valence-electron chi connectivity index (χ3n) is 4.42. The number of hydrogen-bond donors (Lipinski definition) is 0. The van der Waals surface area contributed by atoms with E-state index in [-0.39, 0.29) is 6.61 Å². The molecule has 0 N–H and O–H groups in total. The van der Waals surface area contributed by atoms with Crippen LogP contribution in [0.4, 0.5) is 0 Å². The van der Waals surface area contributed by atoms with Crippen LogP contribution < -0.4 is 4.74 Å². The minimum Gasteiger partial charge on any atom is -0.482 e. The summed E-state index contributed by atoms with van der Waals surface area (Å²) in [4.78, 5) is 12.0. The van der Waals surface area contributed by atoms with E-state index in [0.717, 1.165) is 23.1 Å². The van der Waals surface area contributed by atoms with Gasteiger partial charge in [-0.1, -0.05) is 60.2 Å². The van der Waals surface area contributed by atoms with Crippen LogP contribution in [0.15, 0.2) is 72.5 Å². The van der Waals surface area contributed by atoms with E-state index in [4.69, 9.17) is 9.47 Å². The van der Waals surface area contributed by atoms with Crippen molar-refractivity contribution in [3.63, 3.8) is 0 Å². The van der Waals surface area contributed by atoms with Crippen LogP contribution in [0.3, 0.4) is 0 Å². The molecular formula is C24H24O3. The monoisotopic (exact) mass is 360 g/mol. The molecule has 0 heterocycles. The van der Waals surface area contributed by atoms with Gasteiger partial charge in [0.1, 0.15) is 5.75 Å². The summed E-state index contributed by atoms with van der Waals surface area (Å²) in [6, 6.07) is 20.4. The van der Waals surface area contributed by atoms with E-state index in [1.54, 1.807) is 0 Å². The summed E-state index contributed by atoms with van der Waals surface area (Å²) in [6.07, 6.45) is 2.25. The number of fused-ring (bicyclic) bond motifs is 1. The summed E-state index contributed by atoms with van der Waals surface area (Å²) < 4.78 is 10.8. The highest BCUT2D eigenvalue weighted by Crippen LogP contribution is 2.21. The van der Waals surface area contributed by atoms with Crippen LogP contribution in [-0.4, -0.2) is 12.6 Å². The highest BCUT2D eigenvalue weighted by Gasteiger charge is 2.07. The van der Waals surface area contributed by atoms with Gasteiger partial charge in [0, 0.05) is 0 Å². The Labute approximate surface area is 160 Å². The molecule has 0 aliphatic carbocycles. The SMILES string of the molecule is C/C(=C\OC(=O)COc1ccc(C)cc1C)Cc1cccc2ccccc12. The molecule has 0 saturated carbocycles. The second-order valence-corrected chi connectivity index (χ2v) is 6.83. The number of benzene rings is 3. The lowest BCUT2D eigenvalue weighted by Gasteiger charge is -2.09. The largest absolute Gasteiger partial charge is 0.482 e. The van der Waals surface area contributed by atoms with Gasteiger partial charge in [-0.25, -0.2) is 4.79 Å². The first-order valence-electron chi connectivity index (χ1n) is 9.05. The lowest BCUT2D eigenvalue weighted by atomic mass is 10.00. The van der Waals surface area contributed by atoms with Crippen molar-refractivity contribution < 1.29 is 14.3 Å². The average molecular weight is 360 g/mol. The zero-order chi connectivity index (χ0) is 19.2. The molecule has 0 unspecified atom stereocenters. The smallest absolute Gasteiger partial charge is 0.348 e. The molecule has 0 aromatic heterocycles. The zero-order valence-electron chi connectivity index (χ0n) is 16.0. The highest BCUT2D eigenvalue weighted by molar-refractivity contribution is 5.85. The molecule has 0 aliphatic rings. The van der Waals surface area contributed by atoms with Crippen LogP contribution in [0, 0.1) is 13.8 Å². The van der Waals surface area contributed by atoms with E-state index >= 15 is 0 Å². The standard InChI is InChI=1S/C24H24O3/c1-17-11-12-23(19(3)13-17)26-16-24(25)27-15-18(2)14-21-9-6-8-20-7-4-5-10-22(20)21/h4-13,15H,14,16H2,1-3H3/b18-15+. The number of hydrogen-bond acceptors (Lipinski definition) is 3. The van der Waals surface area contributed by atoms with Crippen LogP contribution in [0.2, 0.25) is 0 Å². The minimum atomic E-state index is -0.410. The first-order valence-corrected chi connectivity index (χ1v) is 9.05. The van der Waals surface area contributed by atoms with Crippen LogP contribution >= 0.6 is 0 Å². The average Bonchev–Trinajstić information content (AvgIpc) is 2.66. The van der Waals surface area contributed by atoms with Crippen molar-refractivity contribution in [2.75, 3.05) is 6.61 Å². The summed E-state index contributed by atoms with van der Waals surface area (Å²) in [5.74, 6) is 0.293. The van der Waals surface area contributed by atoms with Crippen LogP contribution in [0.25, 0.3) is 10.8 Å². The maximum Gasteiger partial charge on any atom is 0.348 e. The van der Waals surface area contributed by atoms with Crippen molar-refractivity contribution in [3.05, 3.63) is 89.2 Å². The van der Waals surface area contributed by atoms with Gasteiger partial charge >= 0.3 is 5.97 Å². The molecule has 3 nitrogen and oxygen atoms in total. The molecule has 27 heavy (non-hydrogen) atoms. The summed E-state index contributed by atoms with van der Waals surface area (Å²) in [7, 11) is 0. The van der Waals surface area contributed by atoms with Gasteiger partial charge in [0.15, 0.2) is 6.61 Å². The number of allylic oxidation sites excluding steroid dienone is 1. The minimum absolute atomic E-state index is 0.109.